The fraction of sp³-hybridized carbons (Fsp3) is 0.150. The van der Waals surface area contributed by atoms with Crippen LogP contribution in [0.4, 0.5) is 14.5 Å². The van der Waals surface area contributed by atoms with Gasteiger partial charge in [-0.15, -0.1) is 11.3 Å². The summed E-state index contributed by atoms with van der Waals surface area (Å²) >= 11 is 1.46. The maximum absolute atomic E-state index is 13.1. The van der Waals surface area contributed by atoms with Gasteiger partial charge in [-0.05, 0) is 49.4 Å². The van der Waals surface area contributed by atoms with Gasteiger partial charge in [-0.1, -0.05) is 6.07 Å². The van der Waals surface area contributed by atoms with Gasteiger partial charge in [-0.25, -0.2) is 13.8 Å². The van der Waals surface area contributed by atoms with E-state index in [0.29, 0.717) is 6.42 Å². The molecule has 1 aromatic heterocycles. The highest BCUT2D eigenvalue weighted by molar-refractivity contribution is 7.15. The van der Waals surface area contributed by atoms with Gasteiger partial charge in [-0.2, -0.15) is 0 Å². The van der Waals surface area contributed by atoms with Crippen molar-refractivity contribution < 1.29 is 18.4 Å². The molecule has 0 saturated carbocycles. The highest BCUT2D eigenvalue weighted by Gasteiger charge is 2.15. The molecule has 0 fully saturated rings. The van der Waals surface area contributed by atoms with Gasteiger partial charge in [0.2, 0.25) is 0 Å². The summed E-state index contributed by atoms with van der Waals surface area (Å²) in [4.78, 5) is 29.2. The second kappa shape index (κ2) is 8.71. The Labute approximate surface area is 164 Å². The minimum atomic E-state index is -0.862. The first-order valence-electron chi connectivity index (χ1n) is 8.49. The summed E-state index contributed by atoms with van der Waals surface area (Å²) in [6.07, 6.45) is 0.504. The van der Waals surface area contributed by atoms with Crippen LogP contribution in [0, 0.1) is 18.6 Å². The minimum Gasteiger partial charge on any atom is -0.347 e. The van der Waals surface area contributed by atoms with E-state index < -0.39 is 17.6 Å². The Balaban J connectivity index is 1.53. The fourth-order valence-electron chi connectivity index (χ4n) is 2.50. The van der Waals surface area contributed by atoms with Crippen molar-refractivity contribution in [2.45, 2.75) is 13.3 Å². The first-order chi connectivity index (χ1) is 13.4. The Morgan fingerprint density at radius 1 is 1.04 bits per heavy atom. The van der Waals surface area contributed by atoms with Crippen LogP contribution in [0.1, 0.15) is 10.6 Å². The number of carbonyl (C=O) groups is 2. The first-order valence-corrected chi connectivity index (χ1v) is 9.31. The third-order valence-corrected chi connectivity index (χ3v) is 5.18. The lowest BCUT2D eigenvalue weighted by Crippen LogP contribution is -2.36. The number of hydrogen-bond acceptors (Lipinski definition) is 4. The predicted octanol–water partition coefficient (Wildman–Crippen LogP) is 3.69. The largest absolute Gasteiger partial charge is 0.347 e. The van der Waals surface area contributed by atoms with Gasteiger partial charge in [-0.3, -0.25) is 9.59 Å². The third-order valence-electron chi connectivity index (χ3n) is 3.91. The molecule has 0 saturated heterocycles. The molecule has 144 valence electrons. The zero-order valence-electron chi connectivity index (χ0n) is 15.0. The summed E-state index contributed by atoms with van der Waals surface area (Å²) < 4.78 is 26.2. The molecule has 0 atom stereocenters. The van der Waals surface area contributed by atoms with E-state index in [9.17, 15) is 18.4 Å². The smallest absolute Gasteiger partial charge is 0.313 e. The highest BCUT2D eigenvalue weighted by atomic mass is 32.1. The molecule has 2 N–H and O–H groups in total. The van der Waals surface area contributed by atoms with Gasteiger partial charge in [0, 0.05) is 29.1 Å². The standard InChI is InChI=1S/C20H17F2N3O2S/c1-12-17(28-20(24-12)13-5-7-14(21)8-6-13)9-10-23-18(26)19(27)25-16-4-2-3-15(22)11-16/h2-8,11H,9-10H2,1H3,(H,23,26)(H,25,27). The minimum absolute atomic E-state index is 0.211. The number of benzene rings is 2. The number of aryl methyl sites for hydroxylation is 1. The molecule has 1 heterocycles. The number of anilines is 1. The number of thiazole rings is 1. The molecule has 0 aliphatic rings. The first kappa shape index (κ1) is 19.6. The summed E-state index contributed by atoms with van der Waals surface area (Å²) in [6.45, 7) is 2.11. The maximum Gasteiger partial charge on any atom is 0.313 e. The maximum atomic E-state index is 13.1. The van der Waals surface area contributed by atoms with E-state index in [2.05, 4.69) is 15.6 Å². The monoisotopic (exact) mass is 401 g/mol. The summed E-state index contributed by atoms with van der Waals surface area (Å²) in [5, 5.41) is 5.64. The van der Waals surface area contributed by atoms with Crippen LogP contribution < -0.4 is 10.6 Å². The second-order valence-corrected chi connectivity index (χ2v) is 7.09. The summed E-state index contributed by atoms with van der Waals surface area (Å²) in [5.74, 6) is -2.48. The number of hydrogen-bond donors (Lipinski definition) is 2. The summed E-state index contributed by atoms with van der Waals surface area (Å²) in [5.41, 5.74) is 1.85. The SMILES string of the molecule is Cc1nc(-c2ccc(F)cc2)sc1CCNC(=O)C(=O)Nc1cccc(F)c1. The molecule has 0 aliphatic carbocycles. The Hall–Kier alpha value is -3.13. The van der Waals surface area contributed by atoms with E-state index >= 15 is 0 Å². The number of carbonyl (C=O) groups excluding carboxylic acids is 2. The number of rotatable bonds is 5. The molecule has 8 heteroatoms. The van der Waals surface area contributed by atoms with Crippen LogP contribution >= 0.6 is 11.3 Å². The number of amides is 2. The van der Waals surface area contributed by atoms with Gasteiger partial charge in [0.15, 0.2) is 0 Å². The molecule has 0 bridgehead atoms. The van der Waals surface area contributed by atoms with Crippen LogP contribution in [0.25, 0.3) is 10.6 Å². The van der Waals surface area contributed by atoms with Crippen molar-refractivity contribution in [1.29, 1.82) is 0 Å². The molecule has 0 unspecified atom stereocenters. The van der Waals surface area contributed by atoms with Crippen molar-refractivity contribution in [2.24, 2.45) is 0 Å². The zero-order valence-corrected chi connectivity index (χ0v) is 15.8. The molecule has 0 spiro atoms. The average molecular weight is 401 g/mol. The number of aromatic nitrogens is 1. The van der Waals surface area contributed by atoms with Crippen LogP contribution in [0.2, 0.25) is 0 Å². The number of halogens is 2. The highest BCUT2D eigenvalue weighted by Crippen LogP contribution is 2.28. The van der Waals surface area contributed by atoms with Gasteiger partial charge < -0.3 is 10.6 Å². The van der Waals surface area contributed by atoms with Crippen LogP contribution in [-0.2, 0) is 16.0 Å². The Morgan fingerprint density at radius 3 is 2.50 bits per heavy atom. The van der Waals surface area contributed by atoms with Gasteiger partial charge in [0.25, 0.3) is 0 Å². The lowest BCUT2D eigenvalue weighted by molar-refractivity contribution is -0.136. The Bertz CT molecular complexity index is 1000. The molecule has 0 aliphatic heterocycles. The van der Waals surface area contributed by atoms with E-state index in [1.165, 1.54) is 41.7 Å². The van der Waals surface area contributed by atoms with E-state index in [4.69, 9.17) is 0 Å². The summed E-state index contributed by atoms with van der Waals surface area (Å²) in [7, 11) is 0. The van der Waals surface area contributed by atoms with Crippen LogP contribution in [0.3, 0.4) is 0 Å². The molecule has 0 radical (unpaired) electrons. The van der Waals surface area contributed by atoms with Gasteiger partial charge in [0.05, 0.1) is 5.69 Å². The van der Waals surface area contributed by atoms with Crippen LogP contribution in [0.5, 0.6) is 0 Å². The topological polar surface area (TPSA) is 71.1 Å². The predicted molar refractivity (Wildman–Crippen MR) is 104 cm³/mol. The molecule has 3 aromatic rings. The van der Waals surface area contributed by atoms with Crippen molar-refractivity contribution in [1.82, 2.24) is 10.3 Å². The van der Waals surface area contributed by atoms with Gasteiger partial charge in [0.1, 0.15) is 16.6 Å². The molecule has 2 amide bonds. The zero-order chi connectivity index (χ0) is 20.1. The molecular formula is C20H17F2N3O2S. The second-order valence-electron chi connectivity index (χ2n) is 6.00. The van der Waals surface area contributed by atoms with Crippen molar-refractivity contribution >= 4 is 28.8 Å². The van der Waals surface area contributed by atoms with E-state index in [1.54, 1.807) is 12.1 Å². The third kappa shape index (κ3) is 4.98. The molecule has 5 nitrogen and oxygen atoms in total. The molecule has 3 rings (SSSR count). The van der Waals surface area contributed by atoms with Gasteiger partial charge >= 0.3 is 11.8 Å². The Kier molecular flexibility index (Phi) is 6.10. The van der Waals surface area contributed by atoms with Crippen LogP contribution in [-0.4, -0.2) is 23.3 Å². The molecule has 28 heavy (non-hydrogen) atoms. The number of nitrogens with one attached hydrogen (secondary N) is 2. The van der Waals surface area contributed by atoms with E-state index in [-0.39, 0.29) is 18.0 Å². The van der Waals surface area contributed by atoms with Crippen molar-refractivity contribution in [3.63, 3.8) is 0 Å². The van der Waals surface area contributed by atoms with Crippen molar-refractivity contribution in [3.8, 4) is 10.6 Å². The molecule has 2 aromatic carbocycles. The normalized spacial score (nSPS) is 10.5. The summed E-state index contributed by atoms with van der Waals surface area (Å²) in [6, 6.07) is 11.4. The van der Waals surface area contributed by atoms with Crippen molar-refractivity contribution in [2.75, 3.05) is 11.9 Å². The average Bonchev–Trinajstić information content (AvgIpc) is 3.03. The van der Waals surface area contributed by atoms with Crippen molar-refractivity contribution in [3.05, 3.63) is 70.7 Å². The lowest BCUT2D eigenvalue weighted by Gasteiger charge is -2.06. The lowest BCUT2D eigenvalue weighted by atomic mass is 10.2. The van der Waals surface area contributed by atoms with E-state index in [1.807, 2.05) is 6.92 Å². The Morgan fingerprint density at radius 2 is 1.79 bits per heavy atom. The quantitative estimate of drug-likeness (QED) is 0.641. The van der Waals surface area contributed by atoms with Crippen LogP contribution in [0.15, 0.2) is 48.5 Å². The van der Waals surface area contributed by atoms with E-state index in [0.717, 1.165) is 27.2 Å². The number of nitrogens with zero attached hydrogens (tertiary/aromatic N) is 1. The molecular weight excluding hydrogens is 384 g/mol. The fourth-order valence-corrected chi connectivity index (χ4v) is 3.57.